The maximum Gasteiger partial charge on any atom is 0.231 e. The van der Waals surface area contributed by atoms with Crippen LogP contribution in [0.3, 0.4) is 0 Å². The van der Waals surface area contributed by atoms with Crippen molar-refractivity contribution in [3.05, 3.63) is 53.9 Å². The van der Waals surface area contributed by atoms with Crippen molar-refractivity contribution in [3.63, 3.8) is 0 Å². The van der Waals surface area contributed by atoms with Gasteiger partial charge in [0.05, 0.1) is 6.42 Å². The number of nitrogens with zero attached hydrogens (tertiary/aromatic N) is 3. The maximum absolute atomic E-state index is 12.6. The SMILES string of the molecule is O=C(Cc1cccnc1)N1CCCN(Cc2ccc3c(c2)OCO3)CC1. The van der Waals surface area contributed by atoms with Gasteiger partial charge in [0.25, 0.3) is 0 Å². The lowest BCUT2D eigenvalue weighted by Crippen LogP contribution is -2.36. The molecule has 1 aromatic carbocycles. The van der Waals surface area contributed by atoms with Crippen LogP contribution in [0.15, 0.2) is 42.7 Å². The second kappa shape index (κ2) is 7.74. The van der Waals surface area contributed by atoms with Crippen LogP contribution in [-0.2, 0) is 17.8 Å². The molecular weight excluding hydrogens is 330 g/mol. The quantitative estimate of drug-likeness (QED) is 0.842. The Labute approximate surface area is 153 Å². The third kappa shape index (κ3) is 3.96. The van der Waals surface area contributed by atoms with Gasteiger partial charge in [0.2, 0.25) is 12.7 Å². The van der Waals surface area contributed by atoms with Crippen LogP contribution in [0.5, 0.6) is 11.5 Å². The smallest absolute Gasteiger partial charge is 0.231 e. The largest absolute Gasteiger partial charge is 0.454 e. The van der Waals surface area contributed by atoms with E-state index in [1.807, 2.05) is 23.1 Å². The van der Waals surface area contributed by atoms with Crippen molar-refractivity contribution in [3.8, 4) is 11.5 Å². The molecular formula is C20H23N3O3. The summed E-state index contributed by atoms with van der Waals surface area (Å²) < 4.78 is 10.8. The van der Waals surface area contributed by atoms with E-state index >= 15 is 0 Å². The Morgan fingerprint density at radius 1 is 1.04 bits per heavy atom. The number of ether oxygens (including phenoxy) is 2. The molecule has 1 amide bonds. The summed E-state index contributed by atoms with van der Waals surface area (Å²) in [5.74, 6) is 1.82. The van der Waals surface area contributed by atoms with Gasteiger partial charge in [-0.3, -0.25) is 14.7 Å². The molecule has 6 heteroatoms. The van der Waals surface area contributed by atoms with Crippen molar-refractivity contribution < 1.29 is 14.3 Å². The fourth-order valence-corrected chi connectivity index (χ4v) is 3.47. The molecule has 0 unspecified atom stereocenters. The van der Waals surface area contributed by atoms with Gasteiger partial charge in [-0.1, -0.05) is 12.1 Å². The first-order chi connectivity index (χ1) is 12.8. The van der Waals surface area contributed by atoms with Crippen LogP contribution in [0.1, 0.15) is 17.5 Å². The highest BCUT2D eigenvalue weighted by atomic mass is 16.7. The van der Waals surface area contributed by atoms with Gasteiger partial charge < -0.3 is 14.4 Å². The zero-order valence-electron chi connectivity index (χ0n) is 14.8. The standard InChI is InChI=1S/C20H23N3O3/c24-20(12-16-3-1-6-21-13-16)23-8-2-7-22(9-10-23)14-17-4-5-18-19(11-17)26-15-25-18/h1,3-6,11,13H,2,7-10,12,14-15H2. The lowest BCUT2D eigenvalue weighted by atomic mass is 10.2. The normalized spacial score (nSPS) is 17.2. The van der Waals surface area contributed by atoms with E-state index in [1.165, 1.54) is 5.56 Å². The molecule has 0 atom stereocenters. The summed E-state index contributed by atoms with van der Waals surface area (Å²) in [6.45, 7) is 4.62. The number of amides is 1. The van der Waals surface area contributed by atoms with E-state index in [-0.39, 0.29) is 5.91 Å². The minimum atomic E-state index is 0.183. The summed E-state index contributed by atoms with van der Waals surface area (Å²) in [6.07, 6.45) is 4.91. The molecule has 2 aromatic rings. The Kier molecular flexibility index (Phi) is 5.02. The second-order valence-electron chi connectivity index (χ2n) is 6.74. The first-order valence-electron chi connectivity index (χ1n) is 9.05. The highest BCUT2D eigenvalue weighted by Crippen LogP contribution is 2.32. The van der Waals surface area contributed by atoms with Crippen molar-refractivity contribution >= 4 is 5.91 Å². The number of pyridine rings is 1. The lowest BCUT2D eigenvalue weighted by molar-refractivity contribution is -0.130. The highest BCUT2D eigenvalue weighted by Gasteiger charge is 2.20. The molecule has 2 aliphatic heterocycles. The molecule has 1 saturated heterocycles. The molecule has 0 radical (unpaired) electrons. The van der Waals surface area contributed by atoms with E-state index in [0.29, 0.717) is 13.2 Å². The average Bonchev–Trinajstić information content (AvgIpc) is 3.00. The van der Waals surface area contributed by atoms with Crippen molar-refractivity contribution in [1.82, 2.24) is 14.8 Å². The Bertz CT molecular complexity index is 766. The minimum Gasteiger partial charge on any atom is -0.454 e. The van der Waals surface area contributed by atoms with Gasteiger partial charge in [-0.2, -0.15) is 0 Å². The second-order valence-corrected chi connectivity index (χ2v) is 6.74. The maximum atomic E-state index is 12.6. The first-order valence-corrected chi connectivity index (χ1v) is 9.05. The number of carbonyl (C=O) groups excluding carboxylic acids is 1. The van der Waals surface area contributed by atoms with Gasteiger partial charge in [0.1, 0.15) is 0 Å². The summed E-state index contributed by atoms with van der Waals surface area (Å²) >= 11 is 0. The summed E-state index contributed by atoms with van der Waals surface area (Å²) in [4.78, 5) is 21.0. The summed E-state index contributed by atoms with van der Waals surface area (Å²) in [6, 6.07) is 9.94. The predicted octanol–water partition coefficient (Wildman–Crippen LogP) is 2.09. The molecule has 136 valence electrons. The van der Waals surface area contributed by atoms with Gasteiger partial charge in [0.15, 0.2) is 11.5 Å². The molecule has 4 rings (SSSR count). The fraction of sp³-hybridized carbons (Fsp3) is 0.400. The van der Waals surface area contributed by atoms with Crippen LogP contribution >= 0.6 is 0 Å². The Morgan fingerprint density at radius 2 is 1.96 bits per heavy atom. The third-order valence-electron chi connectivity index (χ3n) is 4.86. The molecule has 0 N–H and O–H groups in total. The third-order valence-corrected chi connectivity index (χ3v) is 4.86. The summed E-state index contributed by atoms with van der Waals surface area (Å²) in [5, 5.41) is 0. The van der Waals surface area contributed by atoms with Crippen molar-refractivity contribution in [2.45, 2.75) is 19.4 Å². The molecule has 3 heterocycles. The van der Waals surface area contributed by atoms with Crippen LogP contribution in [0, 0.1) is 0 Å². The van der Waals surface area contributed by atoms with E-state index in [1.54, 1.807) is 12.4 Å². The van der Waals surface area contributed by atoms with Crippen LogP contribution in [0.2, 0.25) is 0 Å². The number of benzene rings is 1. The Balaban J connectivity index is 1.32. The monoisotopic (exact) mass is 353 g/mol. The van der Waals surface area contributed by atoms with Gasteiger partial charge in [-0.25, -0.2) is 0 Å². The number of hydrogen-bond acceptors (Lipinski definition) is 5. The molecule has 0 bridgehead atoms. The Hall–Kier alpha value is -2.60. The molecule has 0 aliphatic carbocycles. The topological polar surface area (TPSA) is 54.9 Å². The van der Waals surface area contributed by atoms with Crippen molar-refractivity contribution in [2.75, 3.05) is 33.0 Å². The molecule has 0 spiro atoms. The van der Waals surface area contributed by atoms with E-state index in [4.69, 9.17) is 9.47 Å². The van der Waals surface area contributed by atoms with Crippen LogP contribution in [0.4, 0.5) is 0 Å². The zero-order chi connectivity index (χ0) is 17.8. The molecule has 1 fully saturated rings. The van der Waals surface area contributed by atoms with Crippen LogP contribution in [0.25, 0.3) is 0 Å². The Morgan fingerprint density at radius 3 is 2.85 bits per heavy atom. The van der Waals surface area contributed by atoms with E-state index in [0.717, 1.165) is 56.2 Å². The summed E-state index contributed by atoms with van der Waals surface area (Å²) in [7, 11) is 0. The zero-order valence-corrected chi connectivity index (χ0v) is 14.8. The van der Waals surface area contributed by atoms with Gasteiger partial charge in [0, 0.05) is 45.1 Å². The number of aromatic nitrogens is 1. The first kappa shape index (κ1) is 16.8. The molecule has 0 saturated carbocycles. The molecule has 1 aromatic heterocycles. The van der Waals surface area contributed by atoms with E-state index < -0.39 is 0 Å². The van der Waals surface area contributed by atoms with Crippen molar-refractivity contribution in [2.24, 2.45) is 0 Å². The average molecular weight is 353 g/mol. The fourth-order valence-electron chi connectivity index (χ4n) is 3.47. The van der Waals surface area contributed by atoms with E-state index in [2.05, 4.69) is 22.0 Å². The molecule has 26 heavy (non-hydrogen) atoms. The summed E-state index contributed by atoms with van der Waals surface area (Å²) in [5.41, 5.74) is 2.18. The van der Waals surface area contributed by atoms with Gasteiger partial charge in [-0.05, 0) is 35.7 Å². The lowest BCUT2D eigenvalue weighted by Gasteiger charge is -2.22. The number of carbonyl (C=O) groups is 1. The van der Waals surface area contributed by atoms with Crippen molar-refractivity contribution in [1.29, 1.82) is 0 Å². The number of rotatable bonds is 4. The predicted molar refractivity (Wildman–Crippen MR) is 97.0 cm³/mol. The van der Waals surface area contributed by atoms with Gasteiger partial charge >= 0.3 is 0 Å². The number of fused-ring (bicyclic) bond motifs is 1. The number of hydrogen-bond donors (Lipinski definition) is 0. The highest BCUT2D eigenvalue weighted by molar-refractivity contribution is 5.78. The van der Waals surface area contributed by atoms with E-state index in [9.17, 15) is 4.79 Å². The molecule has 2 aliphatic rings. The molecule has 6 nitrogen and oxygen atoms in total. The van der Waals surface area contributed by atoms with Crippen LogP contribution < -0.4 is 9.47 Å². The van der Waals surface area contributed by atoms with Gasteiger partial charge in [-0.15, -0.1) is 0 Å². The minimum absolute atomic E-state index is 0.183. The van der Waals surface area contributed by atoms with Crippen LogP contribution in [-0.4, -0.2) is 53.7 Å².